The van der Waals surface area contributed by atoms with E-state index in [-0.39, 0.29) is 17.1 Å². The molecule has 0 heterocycles. The van der Waals surface area contributed by atoms with Crippen molar-refractivity contribution >= 4 is 28.9 Å². The van der Waals surface area contributed by atoms with Gasteiger partial charge in [-0.3, -0.25) is 19.7 Å². The monoisotopic (exact) mass is 359 g/mol. The second-order valence-corrected chi connectivity index (χ2v) is 5.01. The van der Waals surface area contributed by atoms with Crippen LogP contribution >= 0.6 is 0 Å². The van der Waals surface area contributed by atoms with Crippen molar-refractivity contribution in [2.75, 3.05) is 24.4 Å². The van der Waals surface area contributed by atoms with Gasteiger partial charge in [-0.05, 0) is 37.3 Å². The van der Waals surface area contributed by atoms with Crippen LogP contribution < -0.4 is 20.1 Å². The number of nitrogens with zero attached hydrogens (tertiary/aromatic N) is 1. The van der Waals surface area contributed by atoms with Crippen LogP contribution in [0.5, 0.6) is 11.5 Å². The Hall–Kier alpha value is -3.62. The number of carbonyl (C=O) groups is 2. The van der Waals surface area contributed by atoms with E-state index >= 15 is 0 Å². The molecule has 0 aliphatic heterocycles. The van der Waals surface area contributed by atoms with E-state index in [0.29, 0.717) is 18.0 Å². The van der Waals surface area contributed by atoms with E-state index in [1.54, 1.807) is 24.3 Å². The maximum Gasteiger partial charge on any atom is 0.314 e. The zero-order valence-corrected chi connectivity index (χ0v) is 14.1. The van der Waals surface area contributed by atoms with Crippen molar-refractivity contribution < 1.29 is 24.0 Å². The molecule has 0 atom stereocenters. The van der Waals surface area contributed by atoms with Gasteiger partial charge in [-0.1, -0.05) is 0 Å². The number of hydrogen-bond donors (Lipinski definition) is 2. The Morgan fingerprint density at radius 2 is 1.73 bits per heavy atom. The number of ether oxygens (including phenoxy) is 2. The van der Waals surface area contributed by atoms with Crippen molar-refractivity contribution in [3.63, 3.8) is 0 Å². The standard InChI is InChI=1S/C17H17N3O6/c1-3-26-13-7-4-11(5-8-13)18-16(21)17(22)19-14-10-12(20(23)24)6-9-15(14)25-2/h4-10H,3H2,1-2H3,(H,18,21)(H,19,22). The highest BCUT2D eigenvalue weighted by molar-refractivity contribution is 6.43. The summed E-state index contributed by atoms with van der Waals surface area (Å²) < 4.78 is 10.3. The average molecular weight is 359 g/mol. The third-order valence-corrected chi connectivity index (χ3v) is 3.27. The lowest BCUT2D eigenvalue weighted by Gasteiger charge is -2.10. The molecule has 0 bridgehead atoms. The van der Waals surface area contributed by atoms with Crippen molar-refractivity contribution in [2.45, 2.75) is 6.92 Å². The fourth-order valence-corrected chi connectivity index (χ4v) is 2.08. The lowest BCUT2D eigenvalue weighted by molar-refractivity contribution is -0.384. The Morgan fingerprint density at radius 1 is 1.08 bits per heavy atom. The first-order valence-electron chi connectivity index (χ1n) is 7.62. The van der Waals surface area contributed by atoms with Crippen molar-refractivity contribution in [1.82, 2.24) is 0 Å². The topological polar surface area (TPSA) is 120 Å². The van der Waals surface area contributed by atoms with Gasteiger partial charge in [-0.15, -0.1) is 0 Å². The number of nitro benzene ring substituents is 1. The lowest BCUT2D eigenvalue weighted by Crippen LogP contribution is -2.29. The molecule has 0 saturated carbocycles. The first-order valence-corrected chi connectivity index (χ1v) is 7.62. The molecule has 0 aliphatic carbocycles. The van der Waals surface area contributed by atoms with Gasteiger partial charge >= 0.3 is 11.8 Å². The molecule has 2 amide bonds. The summed E-state index contributed by atoms with van der Waals surface area (Å²) in [5, 5.41) is 15.6. The van der Waals surface area contributed by atoms with Crippen LogP contribution in [0.4, 0.5) is 17.1 Å². The fourth-order valence-electron chi connectivity index (χ4n) is 2.08. The molecule has 2 rings (SSSR count). The average Bonchev–Trinajstić information content (AvgIpc) is 2.63. The first-order chi connectivity index (χ1) is 12.4. The van der Waals surface area contributed by atoms with E-state index in [4.69, 9.17) is 9.47 Å². The molecule has 0 aliphatic rings. The molecular formula is C17H17N3O6. The van der Waals surface area contributed by atoms with E-state index < -0.39 is 16.7 Å². The number of rotatable bonds is 6. The lowest BCUT2D eigenvalue weighted by atomic mass is 10.2. The predicted molar refractivity (Wildman–Crippen MR) is 94.5 cm³/mol. The Bertz CT molecular complexity index is 820. The molecule has 9 heteroatoms. The Labute approximate surface area is 149 Å². The van der Waals surface area contributed by atoms with E-state index in [1.807, 2.05) is 6.92 Å². The summed E-state index contributed by atoms with van der Waals surface area (Å²) in [6.45, 7) is 2.36. The third kappa shape index (κ3) is 4.69. The number of nitrogens with one attached hydrogen (secondary N) is 2. The summed E-state index contributed by atoms with van der Waals surface area (Å²) in [6.07, 6.45) is 0. The van der Waals surface area contributed by atoms with E-state index in [0.717, 1.165) is 6.07 Å². The minimum Gasteiger partial charge on any atom is -0.495 e. The number of hydrogen-bond acceptors (Lipinski definition) is 6. The van der Waals surface area contributed by atoms with Crippen LogP contribution in [0.3, 0.4) is 0 Å². The maximum atomic E-state index is 12.1. The molecule has 2 aromatic carbocycles. The van der Waals surface area contributed by atoms with Crippen LogP contribution in [0.2, 0.25) is 0 Å². The van der Waals surface area contributed by atoms with Gasteiger partial charge in [-0.25, -0.2) is 0 Å². The van der Waals surface area contributed by atoms with Crippen molar-refractivity contribution in [1.29, 1.82) is 0 Å². The summed E-state index contributed by atoms with van der Waals surface area (Å²) in [6, 6.07) is 10.2. The molecule has 0 radical (unpaired) electrons. The van der Waals surface area contributed by atoms with Crippen LogP contribution in [-0.4, -0.2) is 30.5 Å². The van der Waals surface area contributed by atoms with Crippen LogP contribution in [0.1, 0.15) is 6.92 Å². The summed E-state index contributed by atoms with van der Waals surface area (Å²) in [5.41, 5.74) is 0.182. The summed E-state index contributed by atoms with van der Waals surface area (Å²) in [5.74, 6) is -1.09. The number of carbonyl (C=O) groups excluding carboxylic acids is 2. The SMILES string of the molecule is CCOc1ccc(NC(=O)C(=O)Nc2cc([N+](=O)[O-])ccc2OC)cc1. The first kappa shape index (κ1) is 18.7. The predicted octanol–water partition coefficient (Wildman–Crippen LogP) is 2.58. The molecule has 0 unspecified atom stereocenters. The molecule has 0 saturated heterocycles. The van der Waals surface area contributed by atoms with E-state index in [9.17, 15) is 19.7 Å². The molecule has 26 heavy (non-hydrogen) atoms. The summed E-state index contributed by atoms with van der Waals surface area (Å²) in [7, 11) is 1.34. The quantitative estimate of drug-likeness (QED) is 0.465. The number of non-ortho nitro benzene ring substituents is 1. The minimum atomic E-state index is -0.988. The summed E-state index contributed by atoms with van der Waals surface area (Å²) in [4.78, 5) is 34.3. The second-order valence-electron chi connectivity index (χ2n) is 5.01. The Morgan fingerprint density at radius 3 is 2.31 bits per heavy atom. The molecular weight excluding hydrogens is 342 g/mol. The highest BCUT2D eigenvalue weighted by Gasteiger charge is 2.18. The third-order valence-electron chi connectivity index (χ3n) is 3.27. The van der Waals surface area contributed by atoms with Gasteiger partial charge < -0.3 is 20.1 Å². The van der Waals surface area contributed by atoms with Crippen LogP contribution in [-0.2, 0) is 9.59 Å². The number of benzene rings is 2. The summed E-state index contributed by atoms with van der Waals surface area (Å²) >= 11 is 0. The van der Waals surface area contributed by atoms with Gasteiger partial charge in [-0.2, -0.15) is 0 Å². The molecule has 0 spiro atoms. The van der Waals surface area contributed by atoms with Gasteiger partial charge in [0.15, 0.2) is 0 Å². The molecule has 2 N–H and O–H groups in total. The fraction of sp³-hybridized carbons (Fsp3) is 0.176. The normalized spacial score (nSPS) is 9.92. The van der Waals surface area contributed by atoms with Crippen LogP contribution in [0.25, 0.3) is 0 Å². The van der Waals surface area contributed by atoms with Gasteiger partial charge in [0, 0.05) is 17.8 Å². The molecule has 0 fully saturated rings. The van der Waals surface area contributed by atoms with Crippen LogP contribution in [0.15, 0.2) is 42.5 Å². The Balaban J connectivity index is 2.08. The largest absolute Gasteiger partial charge is 0.495 e. The van der Waals surface area contributed by atoms with Gasteiger partial charge in [0.25, 0.3) is 5.69 Å². The minimum absolute atomic E-state index is 0.0218. The van der Waals surface area contributed by atoms with E-state index in [2.05, 4.69) is 10.6 Å². The zero-order chi connectivity index (χ0) is 19.1. The molecule has 0 aromatic heterocycles. The number of amides is 2. The van der Waals surface area contributed by atoms with Crippen molar-refractivity contribution in [2.24, 2.45) is 0 Å². The van der Waals surface area contributed by atoms with Gasteiger partial charge in [0.1, 0.15) is 11.5 Å². The van der Waals surface area contributed by atoms with E-state index in [1.165, 1.54) is 19.2 Å². The smallest absolute Gasteiger partial charge is 0.314 e. The highest BCUT2D eigenvalue weighted by Crippen LogP contribution is 2.28. The van der Waals surface area contributed by atoms with Gasteiger partial charge in [0.2, 0.25) is 0 Å². The molecule has 2 aromatic rings. The molecule has 9 nitrogen and oxygen atoms in total. The van der Waals surface area contributed by atoms with Crippen molar-refractivity contribution in [3.8, 4) is 11.5 Å². The number of anilines is 2. The van der Waals surface area contributed by atoms with Crippen LogP contribution in [0, 0.1) is 10.1 Å². The number of methoxy groups -OCH3 is 1. The van der Waals surface area contributed by atoms with Gasteiger partial charge in [0.05, 0.1) is 24.3 Å². The maximum absolute atomic E-state index is 12.1. The number of nitro groups is 1. The Kier molecular flexibility index (Phi) is 6.10. The van der Waals surface area contributed by atoms with Crippen molar-refractivity contribution in [3.05, 3.63) is 52.6 Å². The highest BCUT2D eigenvalue weighted by atomic mass is 16.6. The zero-order valence-electron chi connectivity index (χ0n) is 14.1. The molecule has 136 valence electrons. The second kappa shape index (κ2) is 8.47.